The maximum absolute atomic E-state index is 9.31. The van der Waals surface area contributed by atoms with E-state index in [1.54, 1.807) is 10.7 Å². The van der Waals surface area contributed by atoms with Crippen LogP contribution < -0.4 is 4.90 Å². The van der Waals surface area contributed by atoms with Gasteiger partial charge in [0.1, 0.15) is 5.69 Å². The zero-order valence-electron chi connectivity index (χ0n) is 18.5. The second-order valence-electron chi connectivity index (χ2n) is 8.10. The first-order valence-electron chi connectivity index (χ1n) is 11.2. The summed E-state index contributed by atoms with van der Waals surface area (Å²) >= 11 is 0. The van der Waals surface area contributed by atoms with E-state index in [4.69, 9.17) is 9.97 Å². The Bertz CT molecular complexity index is 1310. The summed E-state index contributed by atoms with van der Waals surface area (Å²) in [6.45, 7) is 4.51. The van der Waals surface area contributed by atoms with Crippen LogP contribution in [-0.2, 0) is 13.0 Å². The Kier molecular flexibility index (Phi) is 5.77. The first kappa shape index (κ1) is 20.8. The van der Waals surface area contributed by atoms with Crippen LogP contribution in [0.15, 0.2) is 54.7 Å². The highest BCUT2D eigenvalue weighted by molar-refractivity contribution is 5.68. The van der Waals surface area contributed by atoms with Gasteiger partial charge in [-0.3, -0.25) is 4.98 Å². The lowest BCUT2D eigenvalue weighted by Crippen LogP contribution is -2.20. The molecule has 4 aromatic rings. The number of hydrogen-bond donors (Lipinski definition) is 0. The molecule has 0 amide bonds. The Morgan fingerprint density at radius 1 is 0.909 bits per heavy atom. The van der Waals surface area contributed by atoms with E-state index < -0.39 is 0 Å². The summed E-state index contributed by atoms with van der Waals surface area (Å²) in [5.74, 6) is 0.689. The van der Waals surface area contributed by atoms with Gasteiger partial charge in [-0.25, -0.2) is 14.6 Å². The van der Waals surface area contributed by atoms with Crippen molar-refractivity contribution in [1.29, 1.82) is 5.26 Å². The third-order valence-electron chi connectivity index (χ3n) is 5.74. The molecule has 4 heterocycles. The first-order chi connectivity index (χ1) is 16.2. The van der Waals surface area contributed by atoms with Crippen molar-refractivity contribution >= 4 is 5.95 Å². The average molecular weight is 437 g/mol. The fourth-order valence-electron chi connectivity index (χ4n) is 3.99. The molecule has 1 aliphatic heterocycles. The van der Waals surface area contributed by atoms with Gasteiger partial charge >= 0.3 is 0 Å². The van der Waals surface area contributed by atoms with Crippen molar-refractivity contribution in [3.63, 3.8) is 0 Å². The minimum absolute atomic E-state index is 0.544. The fourth-order valence-corrected chi connectivity index (χ4v) is 3.99. The molecule has 164 valence electrons. The van der Waals surface area contributed by atoms with Gasteiger partial charge in [-0.2, -0.15) is 5.26 Å². The number of pyridine rings is 1. The Morgan fingerprint density at radius 2 is 1.70 bits per heavy atom. The fraction of sp³-hybridized carbons (Fsp3) is 0.280. The van der Waals surface area contributed by atoms with Crippen LogP contribution in [0.25, 0.3) is 22.6 Å². The molecule has 0 spiro atoms. The second-order valence-corrected chi connectivity index (χ2v) is 8.10. The molecule has 5 rings (SSSR count). The van der Waals surface area contributed by atoms with Gasteiger partial charge < -0.3 is 4.90 Å². The van der Waals surface area contributed by atoms with Gasteiger partial charge in [0.05, 0.1) is 41.5 Å². The SMILES string of the molecule is CCc1cccc(Cn2cc(-c3cc(-c4cccc(C#N)c4)nc(N4CCCC4)n3)nn2)n1. The molecule has 33 heavy (non-hydrogen) atoms. The van der Waals surface area contributed by atoms with Crippen LogP contribution in [0.5, 0.6) is 0 Å². The largest absolute Gasteiger partial charge is 0.341 e. The average Bonchev–Trinajstić information content (AvgIpc) is 3.57. The lowest BCUT2D eigenvalue weighted by molar-refractivity contribution is 0.636. The molecule has 0 unspecified atom stereocenters. The van der Waals surface area contributed by atoms with Crippen LogP contribution in [0, 0.1) is 11.3 Å². The third kappa shape index (κ3) is 4.58. The molecule has 1 fully saturated rings. The molecule has 0 saturated carbocycles. The third-order valence-corrected chi connectivity index (χ3v) is 5.74. The Hall–Kier alpha value is -4.12. The molecule has 8 heteroatoms. The van der Waals surface area contributed by atoms with Crippen molar-refractivity contribution in [2.75, 3.05) is 18.0 Å². The number of aryl methyl sites for hydroxylation is 1. The highest BCUT2D eigenvalue weighted by atomic mass is 15.4. The van der Waals surface area contributed by atoms with Crippen molar-refractivity contribution in [3.8, 4) is 28.7 Å². The lowest BCUT2D eigenvalue weighted by atomic mass is 10.1. The minimum atomic E-state index is 0.544. The zero-order chi connectivity index (χ0) is 22.6. The molecule has 0 bridgehead atoms. The van der Waals surface area contributed by atoms with E-state index in [1.807, 2.05) is 48.7 Å². The molecule has 1 saturated heterocycles. The van der Waals surface area contributed by atoms with Crippen molar-refractivity contribution in [3.05, 3.63) is 71.7 Å². The number of hydrogen-bond acceptors (Lipinski definition) is 7. The quantitative estimate of drug-likeness (QED) is 0.452. The van der Waals surface area contributed by atoms with Gasteiger partial charge in [-0.05, 0) is 49.6 Å². The van der Waals surface area contributed by atoms with Gasteiger partial charge in [0.15, 0.2) is 0 Å². The van der Waals surface area contributed by atoms with Gasteiger partial charge in [0, 0.05) is 24.3 Å². The highest BCUT2D eigenvalue weighted by Gasteiger charge is 2.19. The van der Waals surface area contributed by atoms with Crippen LogP contribution in [0.2, 0.25) is 0 Å². The predicted molar refractivity (Wildman–Crippen MR) is 125 cm³/mol. The van der Waals surface area contributed by atoms with Crippen LogP contribution in [0.1, 0.15) is 36.7 Å². The summed E-state index contributed by atoms with van der Waals surface area (Å²) in [7, 11) is 0. The summed E-state index contributed by atoms with van der Waals surface area (Å²) in [6, 6.07) is 17.6. The first-order valence-corrected chi connectivity index (χ1v) is 11.2. The predicted octanol–water partition coefficient (Wildman–Crippen LogP) is 3.88. The van der Waals surface area contributed by atoms with Crippen LogP contribution in [0.3, 0.4) is 0 Å². The number of benzene rings is 1. The number of nitriles is 1. The van der Waals surface area contributed by atoms with E-state index in [1.165, 1.54) is 0 Å². The Balaban J connectivity index is 1.50. The summed E-state index contributed by atoms with van der Waals surface area (Å²) in [5.41, 5.74) is 5.65. The van der Waals surface area contributed by atoms with Gasteiger partial charge in [0.2, 0.25) is 5.95 Å². The Morgan fingerprint density at radius 3 is 2.52 bits per heavy atom. The van der Waals surface area contributed by atoms with Crippen LogP contribution in [-0.4, -0.2) is 43.0 Å². The number of aromatic nitrogens is 6. The van der Waals surface area contributed by atoms with Gasteiger partial charge in [0.25, 0.3) is 0 Å². The maximum atomic E-state index is 9.31. The molecule has 0 radical (unpaired) electrons. The van der Waals surface area contributed by atoms with Crippen LogP contribution in [0.4, 0.5) is 5.95 Å². The monoisotopic (exact) mass is 436 g/mol. The van der Waals surface area contributed by atoms with Crippen LogP contribution >= 0.6 is 0 Å². The molecule has 0 N–H and O–H groups in total. The van der Waals surface area contributed by atoms with E-state index in [-0.39, 0.29) is 0 Å². The van der Waals surface area contributed by atoms with Crippen molar-refractivity contribution in [1.82, 2.24) is 29.9 Å². The summed E-state index contributed by atoms with van der Waals surface area (Å²) in [5, 5.41) is 18.0. The second kappa shape index (κ2) is 9.17. The molecule has 3 aromatic heterocycles. The molecular formula is C25H24N8. The summed E-state index contributed by atoms with van der Waals surface area (Å²) < 4.78 is 1.78. The zero-order valence-corrected chi connectivity index (χ0v) is 18.5. The van der Waals surface area contributed by atoms with Crippen molar-refractivity contribution < 1.29 is 0 Å². The molecule has 0 aliphatic carbocycles. The Labute approximate surface area is 192 Å². The van der Waals surface area contributed by atoms with Crippen molar-refractivity contribution in [2.45, 2.75) is 32.7 Å². The molecule has 1 aliphatic rings. The standard InChI is InChI=1S/C25H24N8/c1-2-20-9-6-10-21(27-20)16-33-17-24(30-31-33)23-14-22(19-8-5-7-18(13-19)15-26)28-25(29-23)32-11-3-4-12-32/h5-10,13-14,17H,2-4,11-12,16H2,1H3. The number of anilines is 1. The number of nitrogens with zero attached hydrogens (tertiary/aromatic N) is 8. The smallest absolute Gasteiger partial charge is 0.226 e. The topological polar surface area (TPSA) is 96.4 Å². The van der Waals surface area contributed by atoms with Crippen molar-refractivity contribution in [2.24, 2.45) is 0 Å². The molecular weight excluding hydrogens is 412 g/mol. The van der Waals surface area contributed by atoms with E-state index in [0.29, 0.717) is 29.4 Å². The molecule has 8 nitrogen and oxygen atoms in total. The maximum Gasteiger partial charge on any atom is 0.226 e. The lowest BCUT2D eigenvalue weighted by Gasteiger charge is -2.17. The number of rotatable bonds is 6. The van der Waals surface area contributed by atoms with E-state index in [9.17, 15) is 5.26 Å². The minimum Gasteiger partial charge on any atom is -0.341 e. The highest BCUT2D eigenvalue weighted by Crippen LogP contribution is 2.27. The van der Waals surface area contributed by atoms with E-state index in [2.05, 4.69) is 33.2 Å². The van der Waals surface area contributed by atoms with Gasteiger partial charge in [-0.1, -0.05) is 30.3 Å². The summed E-state index contributed by atoms with van der Waals surface area (Å²) in [6.07, 6.45) is 5.05. The summed E-state index contributed by atoms with van der Waals surface area (Å²) in [4.78, 5) is 16.5. The van der Waals surface area contributed by atoms with E-state index in [0.717, 1.165) is 55.0 Å². The molecule has 1 aromatic carbocycles. The normalized spacial score (nSPS) is 13.3. The van der Waals surface area contributed by atoms with Gasteiger partial charge in [-0.15, -0.1) is 5.10 Å². The van der Waals surface area contributed by atoms with E-state index >= 15 is 0 Å². The molecule has 0 atom stereocenters.